The standard InChI is InChI=1S/C15H30N2O/c1-14(2,3)17-8-6-11(7-9-17)16-12-10-13(18)15(12,4)5/h11-13,16,18H,6-10H2,1-5H3. The monoisotopic (exact) mass is 254 g/mol. The van der Waals surface area contributed by atoms with E-state index in [1.165, 1.54) is 25.9 Å². The highest BCUT2D eigenvalue weighted by atomic mass is 16.3. The van der Waals surface area contributed by atoms with E-state index in [4.69, 9.17) is 0 Å². The minimum Gasteiger partial charge on any atom is -0.392 e. The lowest BCUT2D eigenvalue weighted by Gasteiger charge is -2.52. The summed E-state index contributed by atoms with van der Waals surface area (Å²) in [7, 11) is 0. The largest absolute Gasteiger partial charge is 0.392 e. The number of aliphatic hydroxyl groups is 1. The van der Waals surface area contributed by atoms with Gasteiger partial charge in [-0.1, -0.05) is 13.8 Å². The van der Waals surface area contributed by atoms with Crippen LogP contribution in [0.3, 0.4) is 0 Å². The lowest BCUT2D eigenvalue weighted by molar-refractivity contribution is -0.0785. The molecule has 0 aromatic carbocycles. The molecule has 18 heavy (non-hydrogen) atoms. The first-order valence-electron chi connectivity index (χ1n) is 7.40. The molecule has 2 atom stereocenters. The first kappa shape index (κ1) is 14.3. The van der Waals surface area contributed by atoms with Gasteiger partial charge in [-0.15, -0.1) is 0 Å². The predicted molar refractivity (Wildman–Crippen MR) is 75.7 cm³/mol. The Morgan fingerprint density at radius 3 is 2.11 bits per heavy atom. The summed E-state index contributed by atoms with van der Waals surface area (Å²) in [5.74, 6) is 0. The average molecular weight is 254 g/mol. The summed E-state index contributed by atoms with van der Waals surface area (Å²) in [4.78, 5) is 2.58. The molecule has 0 aromatic rings. The number of aliphatic hydroxyl groups excluding tert-OH is 1. The van der Waals surface area contributed by atoms with Gasteiger partial charge in [-0.05, 0) is 40.0 Å². The zero-order chi connectivity index (χ0) is 13.6. The van der Waals surface area contributed by atoms with Crippen LogP contribution in [0.15, 0.2) is 0 Å². The summed E-state index contributed by atoms with van der Waals surface area (Å²) in [5.41, 5.74) is 0.359. The Labute approximate surface area is 112 Å². The van der Waals surface area contributed by atoms with Gasteiger partial charge in [-0.25, -0.2) is 0 Å². The molecule has 106 valence electrons. The molecule has 1 saturated heterocycles. The number of nitrogens with zero attached hydrogens (tertiary/aromatic N) is 1. The summed E-state index contributed by atoms with van der Waals surface area (Å²) in [6.07, 6.45) is 3.27. The van der Waals surface area contributed by atoms with Crippen LogP contribution in [0.2, 0.25) is 0 Å². The molecule has 2 rings (SSSR count). The highest BCUT2D eigenvalue weighted by molar-refractivity contribution is 5.03. The molecule has 0 bridgehead atoms. The van der Waals surface area contributed by atoms with Crippen molar-refractivity contribution in [1.82, 2.24) is 10.2 Å². The van der Waals surface area contributed by atoms with Crippen LogP contribution < -0.4 is 5.32 Å². The van der Waals surface area contributed by atoms with Gasteiger partial charge in [0.1, 0.15) is 0 Å². The van der Waals surface area contributed by atoms with Gasteiger partial charge in [-0.3, -0.25) is 4.90 Å². The fourth-order valence-electron chi connectivity index (χ4n) is 3.19. The van der Waals surface area contributed by atoms with Crippen LogP contribution >= 0.6 is 0 Å². The summed E-state index contributed by atoms with van der Waals surface area (Å²) in [5, 5.41) is 13.5. The third kappa shape index (κ3) is 2.73. The Kier molecular flexibility index (Phi) is 3.79. The van der Waals surface area contributed by atoms with Gasteiger partial charge in [0.15, 0.2) is 0 Å². The van der Waals surface area contributed by atoms with Crippen molar-refractivity contribution >= 4 is 0 Å². The van der Waals surface area contributed by atoms with Crippen LogP contribution in [0.5, 0.6) is 0 Å². The molecule has 0 radical (unpaired) electrons. The molecule has 1 aliphatic carbocycles. The van der Waals surface area contributed by atoms with E-state index in [1.807, 2.05) is 0 Å². The minimum atomic E-state index is -0.121. The van der Waals surface area contributed by atoms with E-state index in [-0.39, 0.29) is 11.5 Å². The molecule has 0 amide bonds. The van der Waals surface area contributed by atoms with Gasteiger partial charge in [-0.2, -0.15) is 0 Å². The summed E-state index contributed by atoms with van der Waals surface area (Å²) in [6, 6.07) is 1.14. The lowest BCUT2D eigenvalue weighted by atomic mass is 9.64. The Morgan fingerprint density at radius 2 is 1.72 bits per heavy atom. The number of likely N-dealkylation sites (tertiary alicyclic amines) is 1. The van der Waals surface area contributed by atoms with Crippen LogP contribution in [0.25, 0.3) is 0 Å². The molecule has 1 saturated carbocycles. The van der Waals surface area contributed by atoms with E-state index in [9.17, 15) is 5.11 Å². The van der Waals surface area contributed by atoms with Gasteiger partial charge >= 0.3 is 0 Å². The number of hydrogen-bond acceptors (Lipinski definition) is 3. The zero-order valence-electron chi connectivity index (χ0n) is 12.7. The molecular formula is C15H30N2O. The third-order valence-electron chi connectivity index (χ3n) is 5.10. The van der Waals surface area contributed by atoms with Gasteiger partial charge in [0.25, 0.3) is 0 Å². The lowest BCUT2D eigenvalue weighted by Crippen LogP contribution is -2.63. The maximum absolute atomic E-state index is 9.78. The van der Waals surface area contributed by atoms with E-state index in [0.29, 0.717) is 17.6 Å². The molecule has 0 spiro atoms. The average Bonchev–Trinajstić information content (AvgIpc) is 2.28. The van der Waals surface area contributed by atoms with E-state index in [1.54, 1.807) is 0 Å². The molecule has 2 aliphatic rings. The van der Waals surface area contributed by atoms with Crippen molar-refractivity contribution in [2.24, 2.45) is 5.41 Å². The van der Waals surface area contributed by atoms with Crippen LogP contribution in [-0.4, -0.2) is 46.8 Å². The summed E-state index contributed by atoms with van der Waals surface area (Å²) in [6.45, 7) is 13.6. The number of nitrogens with one attached hydrogen (secondary N) is 1. The maximum atomic E-state index is 9.78. The second-order valence-electron chi connectivity index (χ2n) is 7.72. The number of piperidine rings is 1. The SMILES string of the molecule is CC1(C)C(O)CC1NC1CCN(C(C)(C)C)CC1. The fraction of sp³-hybridized carbons (Fsp3) is 1.00. The molecular weight excluding hydrogens is 224 g/mol. The number of hydrogen-bond donors (Lipinski definition) is 2. The third-order valence-corrected chi connectivity index (χ3v) is 5.10. The highest BCUT2D eigenvalue weighted by Crippen LogP contribution is 2.41. The van der Waals surface area contributed by atoms with Crippen molar-refractivity contribution in [3.8, 4) is 0 Å². The van der Waals surface area contributed by atoms with Crippen LogP contribution in [0.4, 0.5) is 0 Å². The van der Waals surface area contributed by atoms with Gasteiger partial charge in [0.2, 0.25) is 0 Å². The molecule has 2 N–H and O–H groups in total. The quantitative estimate of drug-likeness (QED) is 0.791. The van der Waals surface area contributed by atoms with E-state index >= 15 is 0 Å². The molecule has 1 aliphatic heterocycles. The van der Waals surface area contributed by atoms with Crippen molar-refractivity contribution in [3.63, 3.8) is 0 Å². The Hall–Kier alpha value is -0.120. The van der Waals surface area contributed by atoms with Crippen molar-refractivity contribution < 1.29 is 5.11 Å². The van der Waals surface area contributed by atoms with E-state index in [0.717, 1.165) is 6.42 Å². The van der Waals surface area contributed by atoms with Gasteiger partial charge in [0.05, 0.1) is 6.10 Å². The van der Waals surface area contributed by atoms with Crippen molar-refractivity contribution in [3.05, 3.63) is 0 Å². The zero-order valence-corrected chi connectivity index (χ0v) is 12.7. The number of rotatable bonds is 2. The highest BCUT2D eigenvalue weighted by Gasteiger charge is 2.47. The molecule has 1 heterocycles. The van der Waals surface area contributed by atoms with Crippen LogP contribution in [-0.2, 0) is 0 Å². The van der Waals surface area contributed by atoms with E-state index in [2.05, 4.69) is 44.8 Å². The van der Waals surface area contributed by atoms with Gasteiger partial charge < -0.3 is 10.4 Å². The van der Waals surface area contributed by atoms with E-state index < -0.39 is 0 Å². The van der Waals surface area contributed by atoms with Gasteiger partial charge in [0, 0.05) is 36.1 Å². The first-order chi connectivity index (χ1) is 8.21. The molecule has 2 fully saturated rings. The Balaban J connectivity index is 1.78. The second kappa shape index (κ2) is 4.77. The van der Waals surface area contributed by atoms with Crippen molar-refractivity contribution in [1.29, 1.82) is 0 Å². The first-order valence-corrected chi connectivity index (χ1v) is 7.40. The normalized spacial score (nSPS) is 34.3. The molecule has 2 unspecified atom stereocenters. The Morgan fingerprint density at radius 1 is 1.17 bits per heavy atom. The predicted octanol–water partition coefficient (Wildman–Crippen LogP) is 2.00. The topological polar surface area (TPSA) is 35.5 Å². The van der Waals surface area contributed by atoms with Crippen LogP contribution in [0, 0.1) is 5.41 Å². The molecule has 0 aromatic heterocycles. The molecule has 3 heteroatoms. The van der Waals surface area contributed by atoms with Crippen LogP contribution in [0.1, 0.15) is 53.9 Å². The fourth-order valence-corrected chi connectivity index (χ4v) is 3.19. The van der Waals surface area contributed by atoms with Crippen molar-refractivity contribution in [2.45, 2.75) is 77.6 Å². The minimum absolute atomic E-state index is 0.0567. The smallest absolute Gasteiger partial charge is 0.0621 e. The maximum Gasteiger partial charge on any atom is 0.0621 e. The summed E-state index contributed by atoms with van der Waals surface area (Å²) < 4.78 is 0. The summed E-state index contributed by atoms with van der Waals surface area (Å²) >= 11 is 0. The molecule has 3 nitrogen and oxygen atoms in total. The Bertz CT molecular complexity index is 287. The van der Waals surface area contributed by atoms with Crippen molar-refractivity contribution in [2.75, 3.05) is 13.1 Å². The second-order valence-corrected chi connectivity index (χ2v) is 7.72.